The van der Waals surface area contributed by atoms with E-state index < -0.39 is 44.0 Å². The van der Waals surface area contributed by atoms with Crippen molar-refractivity contribution in [1.29, 1.82) is 0 Å². The van der Waals surface area contributed by atoms with E-state index in [2.05, 4.69) is 0 Å². The minimum absolute atomic E-state index is 0.358. The predicted octanol–water partition coefficient (Wildman–Crippen LogP) is 0.862. The van der Waals surface area contributed by atoms with Gasteiger partial charge in [-0.3, -0.25) is 9.69 Å². The highest BCUT2D eigenvalue weighted by atomic mass is 19.4. The molecule has 1 unspecified atom stereocenters. The second kappa shape index (κ2) is 6.42. The average molecular weight is 296 g/mol. The SMILES string of the molecule is CN(CC(=O)N(C)CC(F)(F)F)CC(O)C(F)(F)F. The van der Waals surface area contributed by atoms with Gasteiger partial charge >= 0.3 is 12.4 Å². The highest BCUT2D eigenvalue weighted by Crippen LogP contribution is 2.20. The maximum absolute atomic E-state index is 12.0. The van der Waals surface area contributed by atoms with E-state index in [-0.39, 0.29) is 0 Å². The summed E-state index contributed by atoms with van der Waals surface area (Å²) in [5.41, 5.74) is 0. The van der Waals surface area contributed by atoms with Crippen LogP contribution in [-0.4, -0.2) is 73.0 Å². The Labute approximate surface area is 105 Å². The first-order valence-electron chi connectivity index (χ1n) is 5.07. The molecule has 0 fully saturated rings. The molecule has 0 saturated heterocycles. The van der Waals surface area contributed by atoms with Crippen molar-refractivity contribution < 1.29 is 36.2 Å². The quantitative estimate of drug-likeness (QED) is 0.765. The van der Waals surface area contributed by atoms with Gasteiger partial charge < -0.3 is 10.0 Å². The molecular formula is C9H14F6N2O2. The number of halogens is 6. The lowest BCUT2D eigenvalue weighted by atomic mass is 10.3. The van der Waals surface area contributed by atoms with E-state index in [1.54, 1.807) is 0 Å². The lowest BCUT2D eigenvalue weighted by Gasteiger charge is -2.25. The van der Waals surface area contributed by atoms with Crippen LogP contribution < -0.4 is 0 Å². The summed E-state index contributed by atoms with van der Waals surface area (Å²) in [5.74, 6) is -0.991. The molecule has 114 valence electrons. The molecule has 0 aliphatic carbocycles. The van der Waals surface area contributed by atoms with Gasteiger partial charge in [-0.1, -0.05) is 0 Å². The Kier molecular flexibility index (Phi) is 6.07. The summed E-state index contributed by atoms with van der Waals surface area (Å²) in [5, 5.41) is 8.72. The van der Waals surface area contributed by atoms with E-state index in [0.717, 1.165) is 19.0 Å². The molecule has 10 heteroatoms. The van der Waals surface area contributed by atoms with Crippen LogP contribution in [0.5, 0.6) is 0 Å². The molecular weight excluding hydrogens is 282 g/mol. The summed E-state index contributed by atoms with van der Waals surface area (Å²) in [7, 11) is 1.98. The summed E-state index contributed by atoms with van der Waals surface area (Å²) in [4.78, 5) is 12.4. The van der Waals surface area contributed by atoms with Gasteiger partial charge in [-0.05, 0) is 7.05 Å². The van der Waals surface area contributed by atoms with Gasteiger partial charge in [0.15, 0.2) is 6.10 Å². The van der Waals surface area contributed by atoms with Crippen LogP contribution in [0, 0.1) is 0 Å². The van der Waals surface area contributed by atoms with Crippen molar-refractivity contribution in [3.63, 3.8) is 0 Å². The lowest BCUT2D eigenvalue weighted by Crippen LogP contribution is -2.45. The van der Waals surface area contributed by atoms with Crippen molar-refractivity contribution in [1.82, 2.24) is 9.80 Å². The van der Waals surface area contributed by atoms with Crippen LogP contribution in [0.1, 0.15) is 0 Å². The number of alkyl halides is 6. The van der Waals surface area contributed by atoms with E-state index in [1.807, 2.05) is 0 Å². The Balaban J connectivity index is 4.27. The molecule has 4 nitrogen and oxygen atoms in total. The molecule has 1 N–H and O–H groups in total. The smallest absolute Gasteiger partial charge is 0.382 e. The molecule has 0 saturated carbocycles. The van der Waals surface area contributed by atoms with Gasteiger partial charge in [0.05, 0.1) is 6.54 Å². The molecule has 0 aliphatic rings. The fourth-order valence-corrected chi connectivity index (χ4v) is 1.17. The Hall–Kier alpha value is -1.03. The number of carbonyl (C=O) groups excluding carboxylic acids is 1. The maximum atomic E-state index is 12.0. The number of hydrogen-bond donors (Lipinski definition) is 1. The van der Waals surface area contributed by atoms with Crippen LogP contribution in [0.4, 0.5) is 26.3 Å². The van der Waals surface area contributed by atoms with Crippen molar-refractivity contribution in [2.75, 3.05) is 33.7 Å². The Morgan fingerprint density at radius 2 is 1.63 bits per heavy atom. The molecule has 0 bridgehead atoms. The Morgan fingerprint density at radius 1 is 1.16 bits per heavy atom. The first-order valence-corrected chi connectivity index (χ1v) is 5.07. The number of aliphatic hydroxyl groups excluding tert-OH is 1. The zero-order valence-corrected chi connectivity index (χ0v) is 10.2. The van der Waals surface area contributed by atoms with Gasteiger partial charge in [-0.25, -0.2) is 0 Å². The van der Waals surface area contributed by atoms with Crippen molar-refractivity contribution >= 4 is 5.91 Å². The van der Waals surface area contributed by atoms with Crippen LogP contribution >= 0.6 is 0 Å². The number of carbonyl (C=O) groups is 1. The largest absolute Gasteiger partial charge is 0.415 e. The van der Waals surface area contributed by atoms with Gasteiger partial charge in [0, 0.05) is 13.6 Å². The molecule has 19 heavy (non-hydrogen) atoms. The van der Waals surface area contributed by atoms with Gasteiger partial charge in [0.25, 0.3) is 0 Å². The van der Waals surface area contributed by atoms with Gasteiger partial charge in [-0.2, -0.15) is 26.3 Å². The van der Waals surface area contributed by atoms with Crippen LogP contribution in [0.2, 0.25) is 0 Å². The number of rotatable bonds is 5. The third-order valence-corrected chi connectivity index (χ3v) is 2.11. The Morgan fingerprint density at radius 3 is 2.00 bits per heavy atom. The second-order valence-corrected chi connectivity index (χ2v) is 4.12. The minimum Gasteiger partial charge on any atom is -0.382 e. The monoisotopic (exact) mass is 296 g/mol. The summed E-state index contributed by atoms with van der Waals surface area (Å²) >= 11 is 0. The number of aliphatic hydroxyl groups is 1. The molecule has 0 rings (SSSR count). The van der Waals surface area contributed by atoms with Crippen LogP contribution in [0.15, 0.2) is 0 Å². The van der Waals surface area contributed by atoms with Crippen molar-refractivity contribution in [3.8, 4) is 0 Å². The third kappa shape index (κ3) is 7.88. The topological polar surface area (TPSA) is 43.8 Å². The minimum atomic E-state index is -4.84. The van der Waals surface area contributed by atoms with Crippen molar-refractivity contribution in [2.24, 2.45) is 0 Å². The predicted molar refractivity (Wildman–Crippen MR) is 53.3 cm³/mol. The first kappa shape index (κ1) is 18.0. The standard InChI is InChI=1S/C9H14F6N2O2/c1-16(3-6(18)9(13,14)15)4-7(19)17(2)5-8(10,11)12/h6,18H,3-5H2,1-2H3. The summed E-state index contributed by atoms with van der Waals surface area (Å²) < 4.78 is 71.9. The molecule has 0 spiro atoms. The summed E-state index contributed by atoms with van der Waals surface area (Å²) in [6.45, 7) is -3.03. The number of hydrogen-bond acceptors (Lipinski definition) is 3. The molecule has 0 aromatic heterocycles. The van der Waals surface area contributed by atoms with Crippen LogP contribution in [0.3, 0.4) is 0 Å². The Bertz CT molecular complexity index is 304. The molecule has 0 radical (unpaired) electrons. The lowest BCUT2D eigenvalue weighted by molar-refractivity contribution is -0.207. The van der Waals surface area contributed by atoms with Crippen molar-refractivity contribution in [2.45, 2.75) is 18.5 Å². The van der Waals surface area contributed by atoms with Gasteiger partial charge in [0.2, 0.25) is 5.91 Å². The van der Waals surface area contributed by atoms with E-state index in [0.29, 0.717) is 4.90 Å². The molecule has 0 heterocycles. The van der Waals surface area contributed by atoms with E-state index in [4.69, 9.17) is 5.11 Å². The molecule has 1 atom stereocenters. The number of nitrogens with zero attached hydrogens (tertiary/aromatic N) is 2. The zero-order valence-electron chi connectivity index (χ0n) is 10.2. The second-order valence-electron chi connectivity index (χ2n) is 4.12. The fraction of sp³-hybridized carbons (Fsp3) is 0.889. The van der Waals surface area contributed by atoms with E-state index in [9.17, 15) is 31.1 Å². The number of likely N-dealkylation sites (N-methyl/N-ethyl adjacent to an activating group) is 2. The molecule has 1 amide bonds. The number of amides is 1. The maximum Gasteiger partial charge on any atom is 0.415 e. The molecule has 0 aliphatic heterocycles. The normalized spacial score (nSPS) is 14.6. The van der Waals surface area contributed by atoms with Gasteiger partial charge in [-0.15, -0.1) is 0 Å². The van der Waals surface area contributed by atoms with E-state index in [1.165, 1.54) is 0 Å². The third-order valence-electron chi connectivity index (χ3n) is 2.11. The zero-order chi connectivity index (χ0) is 15.4. The van der Waals surface area contributed by atoms with E-state index >= 15 is 0 Å². The van der Waals surface area contributed by atoms with Crippen LogP contribution in [0.25, 0.3) is 0 Å². The average Bonchev–Trinajstić information content (AvgIpc) is 2.12. The van der Waals surface area contributed by atoms with Crippen molar-refractivity contribution in [3.05, 3.63) is 0 Å². The highest BCUT2D eigenvalue weighted by molar-refractivity contribution is 5.78. The van der Waals surface area contributed by atoms with Gasteiger partial charge in [0.1, 0.15) is 6.54 Å². The first-order chi connectivity index (χ1) is 8.33. The van der Waals surface area contributed by atoms with Crippen LogP contribution in [-0.2, 0) is 4.79 Å². The summed E-state index contributed by atoms with van der Waals surface area (Å²) in [6, 6.07) is 0. The summed E-state index contributed by atoms with van der Waals surface area (Å²) in [6.07, 6.45) is -12.1. The molecule has 0 aromatic carbocycles. The fourth-order valence-electron chi connectivity index (χ4n) is 1.17. The molecule has 0 aromatic rings. The highest BCUT2D eigenvalue weighted by Gasteiger charge is 2.39.